The predicted molar refractivity (Wildman–Crippen MR) is 141 cm³/mol. The molecular weight excluding hydrogens is 534 g/mol. The molecule has 0 aromatic heterocycles. The van der Waals surface area contributed by atoms with E-state index in [2.05, 4.69) is 53.2 Å². The summed E-state index contributed by atoms with van der Waals surface area (Å²) in [4.78, 5) is 9.63. The second kappa shape index (κ2) is 12.5. The molecule has 2 heterocycles. The monoisotopic (exact) mass is 568 g/mol. The van der Waals surface area contributed by atoms with Crippen LogP contribution in [0.3, 0.4) is 0 Å². The van der Waals surface area contributed by atoms with Crippen LogP contribution in [0.25, 0.3) is 0 Å². The molecule has 2 aliphatic rings. The highest BCUT2D eigenvalue weighted by Gasteiger charge is 2.28. The fourth-order valence-electron chi connectivity index (χ4n) is 4.33. The van der Waals surface area contributed by atoms with Crippen molar-refractivity contribution in [2.24, 2.45) is 4.99 Å². The Morgan fingerprint density at radius 1 is 1.09 bits per heavy atom. The number of hydrogen-bond acceptors (Lipinski definition) is 4. The molecular formula is C25H34FIN4O2. The zero-order chi connectivity index (χ0) is 22.3. The average molecular weight is 568 g/mol. The Morgan fingerprint density at radius 3 is 2.55 bits per heavy atom. The van der Waals surface area contributed by atoms with Crippen molar-refractivity contribution in [1.29, 1.82) is 0 Å². The number of nitrogens with one attached hydrogen (secondary N) is 1. The van der Waals surface area contributed by atoms with Crippen LogP contribution in [0.5, 0.6) is 0 Å². The Balaban J connectivity index is 0.00000306. The van der Waals surface area contributed by atoms with Crippen molar-refractivity contribution in [1.82, 2.24) is 10.2 Å². The minimum Gasteiger partial charge on any atom is -0.378 e. The highest BCUT2D eigenvalue weighted by molar-refractivity contribution is 14.0. The van der Waals surface area contributed by atoms with Crippen LogP contribution in [0, 0.1) is 5.82 Å². The first-order chi connectivity index (χ1) is 15.6. The predicted octanol–water partition coefficient (Wildman–Crippen LogP) is 4.21. The molecule has 2 fully saturated rings. The van der Waals surface area contributed by atoms with Crippen molar-refractivity contribution >= 4 is 35.6 Å². The molecule has 2 saturated heterocycles. The van der Waals surface area contributed by atoms with Gasteiger partial charge in [0.2, 0.25) is 0 Å². The third-order valence-electron chi connectivity index (χ3n) is 5.88. The van der Waals surface area contributed by atoms with Crippen molar-refractivity contribution in [3.8, 4) is 0 Å². The third-order valence-corrected chi connectivity index (χ3v) is 5.88. The molecule has 1 N–H and O–H groups in total. The Kier molecular flexibility index (Phi) is 9.76. The SMILES string of the molecule is CCNC(=NCc1ccccc1N1CCOCC1)N1CC(C)OC(c2ccc(F)cc2)C1.I. The topological polar surface area (TPSA) is 49.3 Å². The van der Waals surface area contributed by atoms with Crippen LogP contribution in [0.1, 0.15) is 31.1 Å². The smallest absolute Gasteiger partial charge is 0.194 e. The maximum Gasteiger partial charge on any atom is 0.194 e. The maximum atomic E-state index is 13.4. The first kappa shape index (κ1) is 25.7. The van der Waals surface area contributed by atoms with Gasteiger partial charge >= 0.3 is 0 Å². The van der Waals surface area contributed by atoms with E-state index in [0.717, 1.165) is 50.9 Å². The van der Waals surface area contributed by atoms with Gasteiger partial charge < -0.3 is 24.6 Å². The second-order valence-corrected chi connectivity index (χ2v) is 8.29. The first-order valence-corrected chi connectivity index (χ1v) is 11.5. The average Bonchev–Trinajstić information content (AvgIpc) is 2.82. The molecule has 2 aromatic carbocycles. The summed E-state index contributed by atoms with van der Waals surface area (Å²) < 4.78 is 25.1. The Labute approximate surface area is 213 Å². The number of benzene rings is 2. The molecule has 0 saturated carbocycles. The lowest BCUT2D eigenvalue weighted by molar-refractivity contribution is -0.0605. The summed E-state index contributed by atoms with van der Waals surface area (Å²) in [6.45, 7) is 10.3. The summed E-state index contributed by atoms with van der Waals surface area (Å²) >= 11 is 0. The molecule has 33 heavy (non-hydrogen) atoms. The van der Waals surface area contributed by atoms with E-state index in [0.29, 0.717) is 13.1 Å². The largest absolute Gasteiger partial charge is 0.378 e. The van der Waals surface area contributed by atoms with Gasteiger partial charge in [-0.25, -0.2) is 9.38 Å². The lowest BCUT2D eigenvalue weighted by atomic mass is 10.1. The van der Waals surface area contributed by atoms with Gasteiger partial charge in [-0.15, -0.1) is 24.0 Å². The fraction of sp³-hybridized carbons (Fsp3) is 0.480. The number of ether oxygens (including phenoxy) is 2. The molecule has 0 amide bonds. The Hall–Kier alpha value is -1.91. The molecule has 0 spiro atoms. The van der Waals surface area contributed by atoms with E-state index >= 15 is 0 Å². The molecule has 2 aromatic rings. The number of nitrogens with zero attached hydrogens (tertiary/aromatic N) is 3. The van der Waals surface area contributed by atoms with Gasteiger partial charge in [-0.1, -0.05) is 30.3 Å². The molecule has 180 valence electrons. The standard InChI is InChI=1S/C25H33FN4O2.HI/c1-3-27-25(28-16-21-6-4-5-7-23(21)29-12-14-31-15-13-29)30-17-19(2)32-24(18-30)20-8-10-22(26)11-9-20;/h4-11,19,24H,3,12-18H2,1-2H3,(H,27,28);1H. The van der Waals surface area contributed by atoms with Gasteiger partial charge in [-0.05, 0) is 43.2 Å². The minimum atomic E-state index is -0.233. The zero-order valence-corrected chi connectivity index (χ0v) is 21.7. The summed E-state index contributed by atoms with van der Waals surface area (Å²) in [5, 5.41) is 3.45. The summed E-state index contributed by atoms with van der Waals surface area (Å²) in [7, 11) is 0. The van der Waals surface area contributed by atoms with E-state index in [4.69, 9.17) is 14.5 Å². The van der Waals surface area contributed by atoms with Gasteiger partial charge in [-0.3, -0.25) is 0 Å². The number of guanidine groups is 1. The highest BCUT2D eigenvalue weighted by Crippen LogP contribution is 2.26. The van der Waals surface area contributed by atoms with Gasteiger partial charge in [0.05, 0.1) is 32.4 Å². The quantitative estimate of drug-likeness (QED) is 0.333. The number of hydrogen-bond donors (Lipinski definition) is 1. The summed E-state index contributed by atoms with van der Waals surface area (Å²) in [6.07, 6.45) is -0.0767. The first-order valence-electron chi connectivity index (χ1n) is 11.5. The van der Waals surface area contributed by atoms with E-state index < -0.39 is 0 Å². The van der Waals surface area contributed by atoms with Crippen LogP contribution in [0.15, 0.2) is 53.5 Å². The molecule has 6 nitrogen and oxygen atoms in total. The Bertz CT molecular complexity index is 906. The van der Waals surface area contributed by atoms with Gasteiger partial charge in [0, 0.05) is 31.9 Å². The maximum absolute atomic E-state index is 13.4. The van der Waals surface area contributed by atoms with Crippen LogP contribution >= 0.6 is 24.0 Å². The minimum absolute atomic E-state index is 0. The Morgan fingerprint density at radius 2 is 1.82 bits per heavy atom. The molecule has 4 rings (SSSR count). The van der Waals surface area contributed by atoms with E-state index in [1.807, 2.05) is 0 Å². The lowest BCUT2D eigenvalue weighted by Crippen LogP contribution is -2.50. The number of rotatable bonds is 5. The highest BCUT2D eigenvalue weighted by atomic mass is 127. The zero-order valence-electron chi connectivity index (χ0n) is 19.4. The van der Waals surface area contributed by atoms with E-state index in [1.165, 1.54) is 23.4 Å². The number of morpholine rings is 2. The molecule has 2 aliphatic heterocycles. The second-order valence-electron chi connectivity index (χ2n) is 8.29. The summed E-state index contributed by atoms with van der Waals surface area (Å²) in [5.41, 5.74) is 3.42. The van der Waals surface area contributed by atoms with E-state index in [-0.39, 0.29) is 42.0 Å². The lowest BCUT2D eigenvalue weighted by Gasteiger charge is -2.38. The molecule has 0 bridgehead atoms. The van der Waals surface area contributed by atoms with Crippen molar-refractivity contribution in [3.05, 3.63) is 65.5 Å². The number of aliphatic imine (C=N–C) groups is 1. The molecule has 0 aliphatic carbocycles. The molecule has 2 atom stereocenters. The van der Waals surface area contributed by atoms with Crippen molar-refractivity contribution < 1.29 is 13.9 Å². The molecule has 8 heteroatoms. The van der Waals surface area contributed by atoms with Crippen LogP contribution < -0.4 is 10.2 Å². The van der Waals surface area contributed by atoms with Crippen molar-refractivity contribution in [2.45, 2.75) is 32.6 Å². The number of para-hydroxylation sites is 1. The van der Waals surface area contributed by atoms with Gasteiger partial charge in [-0.2, -0.15) is 0 Å². The summed E-state index contributed by atoms with van der Waals surface area (Å²) in [5.74, 6) is 0.648. The van der Waals surface area contributed by atoms with Crippen LogP contribution in [-0.4, -0.2) is 62.9 Å². The van der Waals surface area contributed by atoms with E-state index in [1.54, 1.807) is 12.1 Å². The molecule has 0 radical (unpaired) electrons. The van der Waals surface area contributed by atoms with Crippen LogP contribution in [0.4, 0.5) is 10.1 Å². The van der Waals surface area contributed by atoms with E-state index in [9.17, 15) is 4.39 Å². The fourth-order valence-corrected chi connectivity index (χ4v) is 4.33. The summed E-state index contributed by atoms with van der Waals surface area (Å²) in [6, 6.07) is 15.1. The van der Waals surface area contributed by atoms with Gasteiger partial charge in [0.1, 0.15) is 11.9 Å². The van der Waals surface area contributed by atoms with Gasteiger partial charge in [0.15, 0.2) is 5.96 Å². The van der Waals surface area contributed by atoms with Crippen LogP contribution in [0.2, 0.25) is 0 Å². The van der Waals surface area contributed by atoms with Gasteiger partial charge in [0.25, 0.3) is 0 Å². The van der Waals surface area contributed by atoms with Crippen LogP contribution in [-0.2, 0) is 16.0 Å². The van der Waals surface area contributed by atoms with Crippen molar-refractivity contribution in [2.75, 3.05) is 50.8 Å². The molecule has 2 unspecified atom stereocenters. The third kappa shape index (κ3) is 6.80. The van der Waals surface area contributed by atoms with Crippen molar-refractivity contribution in [3.63, 3.8) is 0 Å². The normalized spacial score (nSPS) is 21.5. The number of anilines is 1. The number of halogens is 2.